The minimum atomic E-state index is -4.74. The van der Waals surface area contributed by atoms with E-state index in [9.17, 15) is 28.1 Å². The molecule has 2 heterocycles. The Kier molecular flexibility index (Phi) is 6.33. The highest BCUT2D eigenvalue weighted by atomic mass is 32.1. The van der Waals surface area contributed by atoms with E-state index in [0.717, 1.165) is 30.5 Å². The van der Waals surface area contributed by atoms with Gasteiger partial charge in [0.05, 0.1) is 17.1 Å². The second-order valence-corrected chi connectivity index (χ2v) is 8.17. The Labute approximate surface area is 195 Å². The molecule has 176 valence electrons. The molecule has 2 aromatic carbocycles. The van der Waals surface area contributed by atoms with Gasteiger partial charge in [-0.1, -0.05) is 41.7 Å². The van der Waals surface area contributed by atoms with Gasteiger partial charge in [-0.3, -0.25) is 10.1 Å². The van der Waals surface area contributed by atoms with Gasteiger partial charge in [0.25, 0.3) is 5.69 Å². The Morgan fingerprint density at radius 2 is 1.88 bits per heavy atom. The fraction of sp³-hybridized carbons (Fsp3) is 0.227. The number of anilines is 1. The molecule has 8 nitrogen and oxygen atoms in total. The Morgan fingerprint density at radius 3 is 2.47 bits per heavy atom. The summed E-state index contributed by atoms with van der Waals surface area (Å²) >= 11 is 1.16. The zero-order chi connectivity index (χ0) is 24.5. The molecule has 0 amide bonds. The van der Waals surface area contributed by atoms with Gasteiger partial charge < -0.3 is 9.64 Å². The molecule has 1 aliphatic heterocycles. The van der Waals surface area contributed by atoms with E-state index < -0.39 is 28.3 Å². The number of esters is 1. The van der Waals surface area contributed by atoms with Crippen molar-refractivity contribution >= 4 is 38.7 Å². The second kappa shape index (κ2) is 9.21. The van der Waals surface area contributed by atoms with Crippen LogP contribution in [0.1, 0.15) is 22.8 Å². The van der Waals surface area contributed by atoms with Gasteiger partial charge in [0.1, 0.15) is 15.6 Å². The van der Waals surface area contributed by atoms with E-state index in [2.05, 4.69) is 10.2 Å². The van der Waals surface area contributed by atoms with Gasteiger partial charge in [-0.05, 0) is 24.6 Å². The van der Waals surface area contributed by atoms with Crippen LogP contribution in [-0.2, 0) is 10.9 Å². The normalized spacial score (nSPS) is 13.4. The van der Waals surface area contributed by atoms with Gasteiger partial charge in [0.2, 0.25) is 0 Å². The SMILES string of the molecule is CCOC(=O)c1c(N2CC2)sc(N=Nc2ccc(C(F)(F)F)cc2[N+](=O)[O-])c1-c1ccccc1. The van der Waals surface area contributed by atoms with Gasteiger partial charge in [-0.25, -0.2) is 4.79 Å². The summed E-state index contributed by atoms with van der Waals surface area (Å²) < 4.78 is 44.2. The van der Waals surface area contributed by atoms with Crippen LogP contribution in [0.25, 0.3) is 11.1 Å². The number of nitrogens with zero attached hydrogens (tertiary/aromatic N) is 4. The first kappa shape index (κ1) is 23.4. The van der Waals surface area contributed by atoms with E-state index in [1.807, 2.05) is 4.90 Å². The number of nitro groups is 1. The third kappa shape index (κ3) is 4.76. The molecule has 3 aromatic rings. The van der Waals surface area contributed by atoms with Crippen LogP contribution >= 0.6 is 11.3 Å². The Balaban J connectivity index is 1.85. The first-order valence-electron chi connectivity index (χ1n) is 10.1. The smallest absolute Gasteiger partial charge is 0.416 e. The molecule has 0 aliphatic carbocycles. The molecule has 1 saturated heterocycles. The number of carbonyl (C=O) groups is 1. The van der Waals surface area contributed by atoms with Crippen molar-refractivity contribution in [1.29, 1.82) is 0 Å². The van der Waals surface area contributed by atoms with Crippen molar-refractivity contribution in [1.82, 2.24) is 0 Å². The van der Waals surface area contributed by atoms with E-state index in [1.165, 1.54) is 0 Å². The van der Waals surface area contributed by atoms with Crippen molar-refractivity contribution < 1.29 is 27.6 Å². The van der Waals surface area contributed by atoms with Gasteiger partial charge in [0, 0.05) is 24.7 Å². The van der Waals surface area contributed by atoms with Crippen molar-refractivity contribution in [3.05, 3.63) is 69.8 Å². The Bertz CT molecular complexity index is 1270. The van der Waals surface area contributed by atoms with Crippen LogP contribution in [0.3, 0.4) is 0 Å². The fourth-order valence-corrected chi connectivity index (χ4v) is 4.43. The molecule has 0 N–H and O–H groups in total. The van der Waals surface area contributed by atoms with Crippen molar-refractivity contribution in [2.24, 2.45) is 10.2 Å². The number of thiophene rings is 1. The molecule has 0 saturated carbocycles. The first-order valence-corrected chi connectivity index (χ1v) is 10.9. The molecule has 0 bridgehead atoms. The van der Waals surface area contributed by atoms with Crippen LogP contribution in [0.5, 0.6) is 0 Å². The van der Waals surface area contributed by atoms with Gasteiger partial charge in [-0.2, -0.15) is 13.2 Å². The van der Waals surface area contributed by atoms with E-state index in [-0.39, 0.29) is 17.3 Å². The number of ether oxygens (including phenoxy) is 1. The number of carbonyl (C=O) groups excluding carboxylic acids is 1. The maximum atomic E-state index is 13.0. The van der Waals surface area contributed by atoms with E-state index in [4.69, 9.17) is 4.74 Å². The summed E-state index contributed by atoms with van der Waals surface area (Å²) in [5.74, 6) is -0.540. The van der Waals surface area contributed by atoms with Crippen LogP contribution in [0, 0.1) is 10.1 Å². The monoisotopic (exact) mass is 490 g/mol. The van der Waals surface area contributed by atoms with Crippen LogP contribution < -0.4 is 4.90 Å². The third-order valence-electron chi connectivity index (χ3n) is 4.90. The molecular formula is C22H17F3N4O4S. The van der Waals surface area contributed by atoms with Crippen LogP contribution in [-0.4, -0.2) is 30.6 Å². The molecule has 0 spiro atoms. The van der Waals surface area contributed by atoms with Gasteiger partial charge in [0.15, 0.2) is 5.69 Å². The molecule has 0 atom stereocenters. The standard InChI is InChI=1S/C22H17F3N4O4S/c1-2-33-21(30)18-17(13-6-4-3-5-7-13)19(34-20(18)28-10-11-28)27-26-15-9-8-14(22(23,24)25)12-16(15)29(31)32/h3-9,12H,2,10-11H2,1H3. The number of alkyl halides is 3. The maximum absolute atomic E-state index is 13.0. The summed E-state index contributed by atoms with van der Waals surface area (Å²) in [7, 11) is 0. The molecule has 12 heteroatoms. The summed E-state index contributed by atoms with van der Waals surface area (Å²) in [6.45, 7) is 3.33. The molecule has 0 unspecified atom stereocenters. The topological polar surface area (TPSA) is 97.2 Å². The summed E-state index contributed by atoms with van der Waals surface area (Å²) in [4.78, 5) is 25.2. The van der Waals surface area contributed by atoms with Crippen molar-refractivity contribution in [2.75, 3.05) is 24.6 Å². The lowest BCUT2D eigenvalue weighted by Gasteiger charge is -2.08. The average Bonchev–Trinajstić information content (AvgIpc) is 3.57. The van der Waals surface area contributed by atoms with Crippen LogP contribution in [0.2, 0.25) is 0 Å². The Hall–Kier alpha value is -3.80. The van der Waals surface area contributed by atoms with Crippen LogP contribution in [0.15, 0.2) is 58.8 Å². The summed E-state index contributed by atoms with van der Waals surface area (Å²) in [6.07, 6.45) is -4.74. The molecular weight excluding hydrogens is 473 g/mol. The zero-order valence-corrected chi connectivity index (χ0v) is 18.5. The molecule has 1 aromatic heterocycles. The van der Waals surface area contributed by atoms with Crippen molar-refractivity contribution in [3.8, 4) is 11.1 Å². The predicted molar refractivity (Wildman–Crippen MR) is 120 cm³/mol. The number of hydrogen-bond donors (Lipinski definition) is 0. The highest BCUT2D eigenvalue weighted by Gasteiger charge is 2.34. The fourth-order valence-electron chi connectivity index (χ4n) is 3.25. The summed E-state index contributed by atoms with van der Waals surface area (Å²) in [5, 5.41) is 20.4. The molecule has 4 rings (SSSR count). The average molecular weight is 490 g/mol. The lowest BCUT2D eigenvalue weighted by atomic mass is 10.0. The number of halogens is 3. The predicted octanol–water partition coefficient (Wildman–Crippen LogP) is 6.75. The number of rotatable bonds is 7. The van der Waals surface area contributed by atoms with Gasteiger partial charge in [-0.15, -0.1) is 10.2 Å². The number of hydrogen-bond acceptors (Lipinski definition) is 8. The third-order valence-corrected chi connectivity index (χ3v) is 6.03. The van der Waals surface area contributed by atoms with E-state index >= 15 is 0 Å². The van der Waals surface area contributed by atoms with Gasteiger partial charge >= 0.3 is 12.1 Å². The minimum Gasteiger partial charge on any atom is -0.462 e. The lowest BCUT2D eigenvalue weighted by Crippen LogP contribution is -2.08. The van der Waals surface area contributed by atoms with E-state index in [1.54, 1.807) is 37.3 Å². The van der Waals surface area contributed by atoms with Crippen molar-refractivity contribution in [3.63, 3.8) is 0 Å². The molecule has 1 aliphatic rings. The van der Waals surface area contributed by atoms with Crippen molar-refractivity contribution in [2.45, 2.75) is 13.1 Å². The molecule has 0 radical (unpaired) electrons. The summed E-state index contributed by atoms with van der Waals surface area (Å²) in [6, 6.07) is 10.9. The number of benzene rings is 2. The molecule has 34 heavy (non-hydrogen) atoms. The lowest BCUT2D eigenvalue weighted by molar-refractivity contribution is -0.384. The largest absolute Gasteiger partial charge is 0.462 e. The number of azo groups is 1. The quantitative estimate of drug-likeness (QED) is 0.120. The highest BCUT2D eigenvalue weighted by Crippen LogP contribution is 2.50. The number of nitro benzene ring substituents is 1. The minimum absolute atomic E-state index is 0.164. The van der Waals surface area contributed by atoms with Crippen LogP contribution in [0.4, 0.5) is 34.5 Å². The summed E-state index contributed by atoms with van der Waals surface area (Å²) in [5.41, 5.74) is -0.904. The maximum Gasteiger partial charge on any atom is 0.416 e. The highest BCUT2D eigenvalue weighted by molar-refractivity contribution is 7.21. The first-order chi connectivity index (χ1) is 16.2. The zero-order valence-electron chi connectivity index (χ0n) is 17.7. The second-order valence-electron chi connectivity index (χ2n) is 7.19. The van der Waals surface area contributed by atoms with E-state index in [0.29, 0.717) is 33.8 Å². The molecule has 1 fully saturated rings. The Morgan fingerprint density at radius 1 is 1.18 bits per heavy atom.